The smallest absolute Gasteiger partial charge is 0.239 e. The number of fused-ring (bicyclic) bond motifs is 1. The van der Waals surface area contributed by atoms with Gasteiger partial charge in [0.25, 0.3) is 0 Å². The van der Waals surface area contributed by atoms with E-state index in [1.807, 2.05) is 43.3 Å². The second-order valence-electron chi connectivity index (χ2n) is 8.31. The van der Waals surface area contributed by atoms with Gasteiger partial charge in [0.15, 0.2) is 0 Å². The predicted octanol–water partition coefficient (Wildman–Crippen LogP) is 4.42. The number of likely N-dealkylation sites (N-methyl/N-ethyl adjacent to an activating group) is 1. The SMILES string of the molecule is C=CN(CC(=O)NC)c1cccc(C(C)(O)c2ccc3c(cnn3-c3ccc(F)cc3)c2)c1C. The maximum atomic E-state index is 13.3. The predicted molar refractivity (Wildman–Crippen MR) is 132 cm³/mol. The Labute approximate surface area is 197 Å². The standard InChI is InChI=1S/C27H27FN4O2/c1-5-31(17-26(33)29-4)24-8-6-7-23(18(24)2)27(3,34)20-9-14-25-19(15-20)16-30-32(25)22-12-10-21(28)11-13-22/h5-16,34H,1,17H2,2-4H3,(H,29,33). The van der Waals surface area contributed by atoms with Gasteiger partial charge in [0.2, 0.25) is 5.91 Å². The van der Waals surface area contributed by atoms with Crippen LogP contribution < -0.4 is 10.2 Å². The zero-order valence-electron chi connectivity index (χ0n) is 19.4. The summed E-state index contributed by atoms with van der Waals surface area (Å²) in [6.07, 6.45) is 3.33. The van der Waals surface area contributed by atoms with Crippen LogP contribution in [0.15, 0.2) is 79.6 Å². The van der Waals surface area contributed by atoms with Crippen molar-refractivity contribution in [3.8, 4) is 5.69 Å². The number of nitrogens with one attached hydrogen (secondary N) is 1. The lowest BCUT2D eigenvalue weighted by Crippen LogP contribution is -2.33. The second kappa shape index (κ2) is 9.11. The van der Waals surface area contributed by atoms with Crippen molar-refractivity contribution in [2.75, 3.05) is 18.5 Å². The quantitative estimate of drug-likeness (QED) is 0.430. The van der Waals surface area contributed by atoms with Gasteiger partial charge in [-0.2, -0.15) is 5.10 Å². The van der Waals surface area contributed by atoms with Crippen LogP contribution in [0.25, 0.3) is 16.6 Å². The molecule has 1 aromatic heterocycles. The Morgan fingerprint density at radius 3 is 2.65 bits per heavy atom. The fraction of sp³-hybridized carbons (Fsp3) is 0.185. The van der Waals surface area contributed by atoms with Crippen LogP contribution in [0.3, 0.4) is 0 Å². The number of aliphatic hydroxyl groups is 1. The molecule has 0 saturated carbocycles. The van der Waals surface area contributed by atoms with Gasteiger partial charge in [0, 0.05) is 18.1 Å². The molecule has 6 nitrogen and oxygen atoms in total. The highest BCUT2D eigenvalue weighted by molar-refractivity contribution is 5.83. The summed E-state index contributed by atoms with van der Waals surface area (Å²) in [6.45, 7) is 7.63. The number of rotatable bonds is 7. The number of amides is 1. The molecule has 1 unspecified atom stereocenters. The number of hydrogen-bond acceptors (Lipinski definition) is 4. The molecule has 0 saturated heterocycles. The topological polar surface area (TPSA) is 70.4 Å². The monoisotopic (exact) mass is 458 g/mol. The van der Waals surface area contributed by atoms with Gasteiger partial charge in [0.05, 0.1) is 17.4 Å². The number of nitrogens with zero attached hydrogens (tertiary/aromatic N) is 3. The summed E-state index contributed by atoms with van der Waals surface area (Å²) in [5.74, 6) is -0.443. The molecule has 0 bridgehead atoms. The van der Waals surface area contributed by atoms with Gasteiger partial charge in [0.1, 0.15) is 18.0 Å². The van der Waals surface area contributed by atoms with Gasteiger partial charge in [-0.15, -0.1) is 0 Å². The van der Waals surface area contributed by atoms with Crippen LogP contribution in [0.2, 0.25) is 0 Å². The van der Waals surface area contributed by atoms with E-state index < -0.39 is 5.60 Å². The summed E-state index contributed by atoms with van der Waals surface area (Å²) in [7, 11) is 1.59. The lowest BCUT2D eigenvalue weighted by Gasteiger charge is -2.30. The summed E-state index contributed by atoms with van der Waals surface area (Å²) in [5, 5.41) is 19.6. The van der Waals surface area contributed by atoms with Crippen molar-refractivity contribution in [3.05, 3.63) is 102 Å². The third-order valence-corrected chi connectivity index (χ3v) is 6.15. The fourth-order valence-corrected chi connectivity index (χ4v) is 4.22. The van der Waals surface area contributed by atoms with Crippen molar-refractivity contribution < 1.29 is 14.3 Å². The van der Waals surface area contributed by atoms with Crippen LogP contribution in [0.4, 0.5) is 10.1 Å². The molecule has 0 aliphatic heterocycles. The van der Waals surface area contributed by atoms with Crippen LogP contribution in [0, 0.1) is 12.7 Å². The van der Waals surface area contributed by atoms with E-state index in [4.69, 9.17) is 0 Å². The third-order valence-electron chi connectivity index (χ3n) is 6.15. The van der Waals surface area contributed by atoms with Gasteiger partial charge >= 0.3 is 0 Å². The van der Waals surface area contributed by atoms with Crippen LogP contribution in [0.1, 0.15) is 23.6 Å². The summed E-state index contributed by atoms with van der Waals surface area (Å²) >= 11 is 0. The number of carbonyl (C=O) groups excluding carboxylic acids is 1. The van der Waals surface area contributed by atoms with E-state index >= 15 is 0 Å². The minimum atomic E-state index is -1.30. The molecule has 7 heteroatoms. The normalized spacial score (nSPS) is 12.9. The highest BCUT2D eigenvalue weighted by atomic mass is 19.1. The minimum absolute atomic E-state index is 0.126. The average molecular weight is 459 g/mol. The van der Waals surface area contributed by atoms with Crippen LogP contribution >= 0.6 is 0 Å². The number of halogens is 1. The Kier molecular flexibility index (Phi) is 6.22. The summed E-state index contributed by atoms with van der Waals surface area (Å²) in [4.78, 5) is 13.7. The molecule has 1 amide bonds. The van der Waals surface area contributed by atoms with E-state index in [2.05, 4.69) is 17.0 Å². The molecular weight excluding hydrogens is 431 g/mol. The first kappa shape index (κ1) is 23.2. The minimum Gasteiger partial charge on any atom is -0.381 e. The highest BCUT2D eigenvalue weighted by Gasteiger charge is 2.29. The van der Waals surface area contributed by atoms with Gasteiger partial charge < -0.3 is 15.3 Å². The van der Waals surface area contributed by atoms with Crippen molar-refractivity contribution in [2.24, 2.45) is 0 Å². The zero-order valence-corrected chi connectivity index (χ0v) is 19.4. The van der Waals surface area contributed by atoms with E-state index in [0.717, 1.165) is 33.4 Å². The number of hydrogen-bond donors (Lipinski definition) is 2. The van der Waals surface area contributed by atoms with Gasteiger partial charge in [-0.3, -0.25) is 4.79 Å². The summed E-state index contributed by atoms with van der Waals surface area (Å²) in [6, 6.07) is 17.4. The maximum Gasteiger partial charge on any atom is 0.239 e. The Morgan fingerprint density at radius 1 is 1.24 bits per heavy atom. The Morgan fingerprint density at radius 2 is 1.97 bits per heavy atom. The lowest BCUT2D eigenvalue weighted by molar-refractivity contribution is -0.119. The van der Waals surface area contributed by atoms with Crippen molar-refractivity contribution in [1.82, 2.24) is 15.1 Å². The first-order chi connectivity index (χ1) is 16.3. The molecule has 0 radical (unpaired) electrons. The number of benzene rings is 3. The molecular formula is C27H27FN4O2. The van der Waals surface area contributed by atoms with E-state index in [0.29, 0.717) is 5.56 Å². The number of anilines is 1. The molecule has 1 atom stereocenters. The maximum absolute atomic E-state index is 13.3. The van der Waals surface area contributed by atoms with E-state index in [9.17, 15) is 14.3 Å². The van der Waals surface area contributed by atoms with E-state index in [1.54, 1.807) is 48.1 Å². The molecule has 174 valence electrons. The van der Waals surface area contributed by atoms with Crippen LogP contribution in [0.5, 0.6) is 0 Å². The Balaban J connectivity index is 1.73. The van der Waals surface area contributed by atoms with Gasteiger partial charge in [-0.1, -0.05) is 24.8 Å². The zero-order chi connectivity index (χ0) is 24.5. The summed E-state index contributed by atoms with van der Waals surface area (Å²) in [5.41, 5.74) is 3.36. The first-order valence-electron chi connectivity index (χ1n) is 10.9. The Bertz CT molecular complexity index is 1360. The molecule has 34 heavy (non-hydrogen) atoms. The van der Waals surface area contributed by atoms with Crippen molar-refractivity contribution in [2.45, 2.75) is 19.4 Å². The second-order valence-corrected chi connectivity index (χ2v) is 8.31. The van der Waals surface area contributed by atoms with Crippen LogP contribution in [-0.4, -0.2) is 34.4 Å². The van der Waals surface area contributed by atoms with Gasteiger partial charge in [-0.05, 0) is 79.2 Å². The first-order valence-corrected chi connectivity index (χ1v) is 10.9. The van der Waals surface area contributed by atoms with Crippen molar-refractivity contribution in [1.29, 1.82) is 0 Å². The molecule has 4 aromatic rings. The van der Waals surface area contributed by atoms with Crippen molar-refractivity contribution in [3.63, 3.8) is 0 Å². The molecule has 0 aliphatic rings. The molecule has 0 aliphatic carbocycles. The summed E-state index contributed by atoms with van der Waals surface area (Å²) < 4.78 is 15.1. The largest absolute Gasteiger partial charge is 0.381 e. The fourth-order valence-electron chi connectivity index (χ4n) is 4.22. The van der Waals surface area contributed by atoms with Crippen LogP contribution in [-0.2, 0) is 10.4 Å². The molecule has 2 N–H and O–H groups in total. The molecule has 4 rings (SSSR count). The molecule has 3 aromatic carbocycles. The average Bonchev–Trinajstić information content (AvgIpc) is 3.26. The van der Waals surface area contributed by atoms with E-state index in [-0.39, 0.29) is 18.3 Å². The van der Waals surface area contributed by atoms with Crippen molar-refractivity contribution >= 4 is 22.5 Å². The molecule has 0 spiro atoms. The highest BCUT2D eigenvalue weighted by Crippen LogP contribution is 2.36. The third kappa shape index (κ3) is 4.18. The lowest BCUT2D eigenvalue weighted by atomic mass is 9.84. The number of aromatic nitrogens is 2. The van der Waals surface area contributed by atoms with E-state index in [1.165, 1.54) is 12.1 Å². The molecule has 0 fully saturated rings. The Hall–Kier alpha value is -3.97. The number of carbonyl (C=O) groups is 1. The molecule has 1 heterocycles. The van der Waals surface area contributed by atoms with Gasteiger partial charge in [-0.25, -0.2) is 9.07 Å².